The van der Waals surface area contributed by atoms with Crippen LogP contribution in [0.2, 0.25) is 0 Å². The third kappa shape index (κ3) is 3.42. The van der Waals surface area contributed by atoms with Crippen molar-refractivity contribution in [1.29, 1.82) is 0 Å². The van der Waals surface area contributed by atoms with Crippen LogP contribution in [0, 0.1) is 34.0 Å². The van der Waals surface area contributed by atoms with Gasteiger partial charge < -0.3 is 40.1 Å². The second-order valence-electron chi connectivity index (χ2n) is 12.4. The molecule has 35 heavy (non-hydrogen) atoms. The molecule has 4 saturated carbocycles. The summed E-state index contributed by atoms with van der Waals surface area (Å²) in [4.78, 5) is 13.7. The van der Waals surface area contributed by atoms with Crippen molar-refractivity contribution < 1.29 is 44.9 Å². The lowest BCUT2D eigenvalue weighted by atomic mass is 9.40. The number of esters is 1. The highest BCUT2D eigenvalue weighted by molar-refractivity contribution is 5.77. The molecule has 0 aromatic rings. The van der Waals surface area contributed by atoms with E-state index in [0.29, 0.717) is 25.7 Å². The van der Waals surface area contributed by atoms with Crippen LogP contribution in [0.3, 0.4) is 0 Å². The summed E-state index contributed by atoms with van der Waals surface area (Å²) in [6, 6.07) is 0. The molecular weight excluding hydrogens is 456 g/mol. The molecule has 1 heterocycles. The van der Waals surface area contributed by atoms with Crippen molar-refractivity contribution in [3.8, 4) is 0 Å². The molecule has 9 nitrogen and oxygen atoms in total. The van der Waals surface area contributed by atoms with Gasteiger partial charge >= 0.3 is 5.97 Å². The van der Waals surface area contributed by atoms with Gasteiger partial charge in [0, 0.05) is 5.41 Å². The number of hydrogen-bond donors (Lipinski definition) is 6. The van der Waals surface area contributed by atoms with Gasteiger partial charge in [0.1, 0.15) is 24.4 Å². The van der Waals surface area contributed by atoms with Crippen LogP contribution >= 0.6 is 0 Å². The summed E-state index contributed by atoms with van der Waals surface area (Å²) in [6.07, 6.45) is -3.80. The first-order chi connectivity index (χ1) is 16.4. The molecule has 0 aromatic carbocycles. The topological polar surface area (TPSA) is 157 Å². The number of rotatable bonds is 3. The highest BCUT2D eigenvalue weighted by Crippen LogP contribution is 2.72. The van der Waals surface area contributed by atoms with Crippen LogP contribution in [-0.4, -0.2) is 86.1 Å². The third-order valence-electron chi connectivity index (χ3n) is 10.7. The van der Waals surface area contributed by atoms with Gasteiger partial charge in [-0.15, -0.1) is 0 Å². The van der Waals surface area contributed by atoms with Crippen molar-refractivity contribution >= 4 is 5.97 Å². The van der Waals surface area contributed by atoms with E-state index in [9.17, 15) is 35.4 Å². The van der Waals surface area contributed by atoms with E-state index < -0.39 is 71.7 Å². The Bertz CT molecular complexity index is 877. The molecule has 0 amide bonds. The van der Waals surface area contributed by atoms with Gasteiger partial charge in [-0.2, -0.15) is 0 Å². The number of aliphatic hydroxyl groups is 6. The number of fused-ring (bicyclic) bond motifs is 3. The van der Waals surface area contributed by atoms with E-state index in [1.54, 1.807) is 0 Å². The van der Waals surface area contributed by atoms with Crippen LogP contribution in [0.15, 0.2) is 12.2 Å². The van der Waals surface area contributed by atoms with Crippen LogP contribution in [0.5, 0.6) is 0 Å². The van der Waals surface area contributed by atoms with Crippen molar-refractivity contribution in [3.05, 3.63) is 12.2 Å². The second kappa shape index (κ2) is 8.48. The summed E-state index contributed by atoms with van der Waals surface area (Å²) in [5, 5.41) is 62.6. The second-order valence-corrected chi connectivity index (χ2v) is 12.4. The van der Waals surface area contributed by atoms with Crippen molar-refractivity contribution in [2.75, 3.05) is 6.61 Å². The van der Waals surface area contributed by atoms with Crippen molar-refractivity contribution in [2.24, 2.45) is 34.0 Å². The Morgan fingerprint density at radius 3 is 2.49 bits per heavy atom. The number of carbonyl (C=O) groups is 1. The highest BCUT2D eigenvalue weighted by Gasteiger charge is 2.70. The lowest BCUT2D eigenvalue weighted by Crippen LogP contribution is -2.64. The van der Waals surface area contributed by atoms with E-state index in [2.05, 4.69) is 13.5 Å². The zero-order valence-corrected chi connectivity index (χ0v) is 20.5. The Morgan fingerprint density at radius 1 is 1.09 bits per heavy atom. The first-order valence-corrected chi connectivity index (χ1v) is 13.0. The SMILES string of the molecule is C=C1C2CC(O)[C@H]3[C@@](CC[C@@H]4[C@@]3(C)CCC[C@@]4(C)C(=O)OC3OC(CO)C(O)C(O)C3O)(C2)C1O. The minimum atomic E-state index is -1.65. The molecule has 1 saturated heterocycles. The standard InChI is InChI=1S/C26H40O9/c1-12-13-9-14(28)20-24(2)6-4-7-25(3,16(24)5-8-26(20,10-13)21(12)32)23(33)35-22-19(31)18(30)17(29)15(11-27)34-22/h13-22,27-32H,1,4-11H2,2-3H3/t13?,14?,15?,16-,17?,18?,19?,20-,21?,22?,24-,25-,26-/m1/s1. The fourth-order valence-corrected chi connectivity index (χ4v) is 9.12. The van der Waals surface area contributed by atoms with Crippen molar-refractivity contribution in [2.45, 2.75) is 102 Å². The van der Waals surface area contributed by atoms with Crippen LogP contribution in [0.1, 0.15) is 58.8 Å². The molecule has 1 spiro atoms. The monoisotopic (exact) mass is 496 g/mol. The van der Waals surface area contributed by atoms with Gasteiger partial charge in [-0.1, -0.05) is 19.9 Å². The summed E-state index contributed by atoms with van der Waals surface area (Å²) in [6.45, 7) is 7.55. The lowest BCUT2D eigenvalue weighted by Gasteiger charge is -2.64. The maximum absolute atomic E-state index is 13.7. The molecule has 5 aliphatic rings. The van der Waals surface area contributed by atoms with E-state index in [-0.39, 0.29) is 17.8 Å². The van der Waals surface area contributed by atoms with Gasteiger partial charge in [-0.25, -0.2) is 0 Å². The first kappa shape index (κ1) is 25.6. The fraction of sp³-hybridized carbons (Fsp3) is 0.885. The van der Waals surface area contributed by atoms with Gasteiger partial charge in [-0.05, 0) is 74.2 Å². The molecule has 1 aliphatic heterocycles. The molecule has 5 rings (SSSR count). The Morgan fingerprint density at radius 2 is 1.80 bits per heavy atom. The van der Waals surface area contributed by atoms with Crippen LogP contribution in [0.4, 0.5) is 0 Å². The Labute approximate surface area is 205 Å². The van der Waals surface area contributed by atoms with Crippen LogP contribution in [0.25, 0.3) is 0 Å². The summed E-state index contributed by atoms with van der Waals surface area (Å²) in [7, 11) is 0. The van der Waals surface area contributed by atoms with E-state index in [0.717, 1.165) is 24.8 Å². The van der Waals surface area contributed by atoms with E-state index in [4.69, 9.17) is 9.47 Å². The average molecular weight is 497 g/mol. The van der Waals surface area contributed by atoms with Gasteiger partial charge in [0.15, 0.2) is 0 Å². The number of hydrogen-bond acceptors (Lipinski definition) is 9. The average Bonchev–Trinajstić information content (AvgIpc) is 2.99. The molecule has 9 heteroatoms. The normalized spacial score (nSPS) is 55.7. The molecule has 198 valence electrons. The molecule has 0 aromatic heterocycles. The largest absolute Gasteiger partial charge is 0.432 e. The third-order valence-corrected chi connectivity index (χ3v) is 10.7. The molecule has 6 N–H and O–H groups in total. The maximum atomic E-state index is 13.7. The summed E-state index contributed by atoms with van der Waals surface area (Å²) in [5.74, 6) is -0.723. The molecule has 2 bridgehead atoms. The van der Waals surface area contributed by atoms with Crippen molar-refractivity contribution in [1.82, 2.24) is 0 Å². The Kier molecular flexibility index (Phi) is 6.19. The molecule has 8 unspecified atom stereocenters. The van der Waals surface area contributed by atoms with Gasteiger partial charge in [0.25, 0.3) is 0 Å². The number of aliphatic hydroxyl groups excluding tert-OH is 6. The Balaban J connectivity index is 1.42. The zero-order chi connectivity index (χ0) is 25.5. The smallest absolute Gasteiger partial charge is 0.314 e. The highest BCUT2D eigenvalue weighted by atomic mass is 16.7. The van der Waals surface area contributed by atoms with Gasteiger partial charge in [-0.3, -0.25) is 4.79 Å². The first-order valence-electron chi connectivity index (χ1n) is 13.0. The van der Waals surface area contributed by atoms with E-state index in [1.165, 1.54) is 0 Å². The molecular formula is C26H40O9. The summed E-state index contributed by atoms with van der Waals surface area (Å²) in [5.41, 5.74) is -0.932. The van der Waals surface area contributed by atoms with Crippen LogP contribution in [-0.2, 0) is 14.3 Å². The van der Waals surface area contributed by atoms with Gasteiger partial charge in [0.2, 0.25) is 6.29 Å². The molecule has 5 fully saturated rings. The lowest BCUT2D eigenvalue weighted by molar-refractivity contribution is -0.298. The number of ether oxygens (including phenoxy) is 2. The fourth-order valence-electron chi connectivity index (χ4n) is 9.12. The summed E-state index contributed by atoms with van der Waals surface area (Å²) >= 11 is 0. The van der Waals surface area contributed by atoms with Crippen LogP contribution < -0.4 is 0 Å². The Hall–Kier alpha value is -1.07. The molecule has 0 radical (unpaired) electrons. The van der Waals surface area contributed by atoms with E-state index in [1.807, 2.05) is 6.92 Å². The molecule has 13 atom stereocenters. The molecule has 4 aliphatic carbocycles. The predicted molar refractivity (Wildman–Crippen MR) is 122 cm³/mol. The van der Waals surface area contributed by atoms with Gasteiger partial charge in [0.05, 0.1) is 24.2 Å². The van der Waals surface area contributed by atoms with Crippen molar-refractivity contribution in [3.63, 3.8) is 0 Å². The number of carbonyl (C=O) groups excluding carboxylic acids is 1. The quantitative estimate of drug-likeness (QED) is 0.238. The zero-order valence-electron chi connectivity index (χ0n) is 20.5. The minimum absolute atomic E-state index is 0.121. The van der Waals surface area contributed by atoms with E-state index >= 15 is 0 Å². The predicted octanol–water partition coefficient (Wildman–Crippen LogP) is 0.240. The minimum Gasteiger partial charge on any atom is -0.432 e. The maximum Gasteiger partial charge on any atom is 0.314 e. The summed E-state index contributed by atoms with van der Waals surface area (Å²) < 4.78 is 11.1.